The highest BCUT2D eigenvalue weighted by Crippen LogP contribution is 2.12. The van der Waals surface area contributed by atoms with Gasteiger partial charge in [-0.3, -0.25) is 9.59 Å². The maximum atomic E-state index is 12.9. The number of carbonyl (C=O) groups excluding carboxylic acids is 2. The van der Waals surface area contributed by atoms with E-state index in [4.69, 9.17) is 4.42 Å². The molecule has 6 heteroatoms. The van der Waals surface area contributed by atoms with E-state index in [1.165, 1.54) is 24.7 Å². The first-order valence-electron chi connectivity index (χ1n) is 8.35. The zero-order chi connectivity index (χ0) is 18.2. The molecule has 0 spiro atoms. The van der Waals surface area contributed by atoms with Crippen LogP contribution in [0.25, 0.3) is 0 Å². The van der Waals surface area contributed by atoms with Gasteiger partial charge < -0.3 is 14.6 Å². The van der Waals surface area contributed by atoms with Crippen LogP contribution in [0.1, 0.15) is 42.6 Å². The van der Waals surface area contributed by atoms with Gasteiger partial charge in [-0.15, -0.1) is 0 Å². The van der Waals surface area contributed by atoms with Gasteiger partial charge in [0.1, 0.15) is 12.1 Å². The molecule has 25 heavy (non-hydrogen) atoms. The Hall–Kier alpha value is -2.63. The summed E-state index contributed by atoms with van der Waals surface area (Å²) in [5.74, 6) is -0.607. The summed E-state index contributed by atoms with van der Waals surface area (Å²) in [5.41, 5.74) is 1.30. The molecule has 2 rings (SSSR count). The summed E-state index contributed by atoms with van der Waals surface area (Å²) in [4.78, 5) is 26.3. The van der Waals surface area contributed by atoms with E-state index in [1.54, 1.807) is 23.1 Å². The van der Waals surface area contributed by atoms with Crippen LogP contribution in [0.3, 0.4) is 0 Å². The fourth-order valence-corrected chi connectivity index (χ4v) is 2.41. The van der Waals surface area contributed by atoms with E-state index >= 15 is 0 Å². The van der Waals surface area contributed by atoms with Crippen molar-refractivity contribution in [3.63, 3.8) is 0 Å². The zero-order valence-electron chi connectivity index (χ0n) is 14.5. The Kier molecular flexibility index (Phi) is 6.74. The van der Waals surface area contributed by atoms with Crippen molar-refractivity contribution in [2.75, 3.05) is 6.54 Å². The molecule has 0 unspecified atom stereocenters. The van der Waals surface area contributed by atoms with E-state index in [1.807, 2.05) is 13.8 Å². The fraction of sp³-hybridized carbons (Fsp3) is 0.368. The van der Waals surface area contributed by atoms with Crippen LogP contribution in [0, 0.1) is 5.82 Å². The standard InChI is InChI=1S/C19H23FN2O3/c1-3-14(2)22(19(24)16-9-11-25-13-16)10-8-18(23)21-12-15-4-6-17(20)7-5-15/h4-7,9,11,13-14H,3,8,10,12H2,1-2H3,(H,21,23)/t14-/m1/s1. The molecular formula is C19H23FN2O3. The average molecular weight is 346 g/mol. The predicted octanol–water partition coefficient (Wildman–Crippen LogP) is 3.37. The molecule has 2 amide bonds. The summed E-state index contributed by atoms with van der Waals surface area (Å²) in [5, 5.41) is 2.79. The van der Waals surface area contributed by atoms with Crippen LogP contribution >= 0.6 is 0 Å². The summed E-state index contributed by atoms with van der Waals surface area (Å²) in [6.45, 7) is 4.61. The van der Waals surface area contributed by atoms with Crippen LogP contribution in [0.5, 0.6) is 0 Å². The number of nitrogens with one attached hydrogen (secondary N) is 1. The summed E-state index contributed by atoms with van der Waals surface area (Å²) < 4.78 is 17.8. The number of benzene rings is 1. The number of halogens is 1. The molecule has 1 heterocycles. The van der Waals surface area contributed by atoms with Crippen LogP contribution in [-0.2, 0) is 11.3 Å². The predicted molar refractivity (Wildman–Crippen MR) is 92.4 cm³/mol. The third kappa shape index (κ3) is 5.45. The number of carbonyl (C=O) groups is 2. The van der Waals surface area contributed by atoms with E-state index in [2.05, 4.69) is 5.32 Å². The first kappa shape index (κ1) is 18.7. The van der Waals surface area contributed by atoms with E-state index in [0.717, 1.165) is 12.0 Å². The van der Waals surface area contributed by atoms with Crippen LogP contribution in [-0.4, -0.2) is 29.3 Å². The highest BCUT2D eigenvalue weighted by Gasteiger charge is 2.21. The fourth-order valence-electron chi connectivity index (χ4n) is 2.41. The molecule has 1 N–H and O–H groups in total. The molecule has 1 aromatic heterocycles. The van der Waals surface area contributed by atoms with Crippen LogP contribution in [0.4, 0.5) is 4.39 Å². The zero-order valence-corrected chi connectivity index (χ0v) is 14.5. The Labute approximate surface area is 146 Å². The molecule has 2 aromatic rings. The third-order valence-corrected chi connectivity index (χ3v) is 4.13. The molecule has 0 aliphatic rings. The summed E-state index contributed by atoms with van der Waals surface area (Å²) in [7, 11) is 0. The maximum Gasteiger partial charge on any atom is 0.257 e. The van der Waals surface area contributed by atoms with Gasteiger partial charge in [0.2, 0.25) is 5.91 Å². The second kappa shape index (κ2) is 9.01. The number of hydrogen-bond donors (Lipinski definition) is 1. The third-order valence-electron chi connectivity index (χ3n) is 4.13. The van der Waals surface area contributed by atoms with Crippen molar-refractivity contribution in [3.05, 3.63) is 59.8 Å². The van der Waals surface area contributed by atoms with Crippen LogP contribution in [0.2, 0.25) is 0 Å². The van der Waals surface area contributed by atoms with Gasteiger partial charge in [-0.05, 0) is 37.1 Å². The van der Waals surface area contributed by atoms with Gasteiger partial charge >= 0.3 is 0 Å². The average Bonchev–Trinajstić information content (AvgIpc) is 3.15. The molecule has 1 aromatic carbocycles. The van der Waals surface area contributed by atoms with Crippen molar-refractivity contribution in [1.29, 1.82) is 0 Å². The van der Waals surface area contributed by atoms with Crippen molar-refractivity contribution in [1.82, 2.24) is 10.2 Å². The summed E-state index contributed by atoms with van der Waals surface area (Å²) in [6, 6.07) is 7.61. The maximum absolute atomic E-state index is 12.9. The SMILES string of the molecule is CC[C@@H](C)N(CCC(=O)NCc1ccc(F)cc1)C(=O)c1ccoc1. The first-order valence-corrected chi connectivity index (χ1v) is 8.35. The molecule has 0 aliphatic carbocycles. The molecule has 5 nitrogen and oxygen atoms in total. The highest BCUT2D eigenvalue weighted by atomic mass is 19.1. The van der Waals surface area contributed by atoms with Gasteiger partial charge in [0.05, 0.1) is 11.8 Å². The Morgan fingerprint density at radius 3 is 2.56 bits per heavy atom. The molecule has 1 atom stereocenters. The number of hydrogen-bond acceptors (Lipinski definition) is 3. The Balaban J connectivity index is 1.87. The van der Waals surface area contributed by atoms with Gasteiger partial charge in [-0.2, -0.15) is 0 Å². The summed E-state index contributed by atoms with van der Waals surface area (Å²) in [6.07, 6.45) is 3.86. The largest absolute Gasteiger partial charge is 0.472 e. The normalized spacial score (nSPS) is 11.8. The molecular weight excluding hydrogens is 323 g/mol. The second-order valence-electron chi connectivity index (χ2n) is 5.92. The molecule has 0 aliphatic heterocycles. The Morgan fingerprint density at radius 2 is 1.96 bits per heavy atom. The number of furan rings is 1. The quantitative estimate of drug-likeness (QED) is 0.797. The highest BCUT2D eigenvalue weighted by molar-refractivity contribution is 5.94. The molecule has 0 bridgehead atoms. The summed E-state index contributed by atoms with van der Waals surface area (Å²) >= 11 is 0. The lowest BCUT2D eigenvalue weighted by Crippen LogP contribution is -2.40. The monoisotopic (exact) mass is 346 g/mol. The van der Waals surface area contributed by atoms with E-state index in [-0.39, 0.29) is 30.1 Å². The topological polar surface area (TPSA) is 62.6 Å². The second-order valence-corrected chi connectivity index (χ2v) is 5.92. The van der Waals surface area contributed by atoms with Crippen molar-refractivity contribution in [2.24, 2.45) is 0 Å². The number of rotatable bonds is 8. The molecule has 134 valence electrons. The van der Waals surface area contributed by atoms with Crippen molar-refractivity contribution < 1.29 is 18.4 Å². The van der Waals surface area contributed by atoms with E-state index in [0.29, 0.717) is 18.7 Å². The minimum absolute atomic E-state index is 0.0206. The van der Waals surface area contributed by atoms with E-state index in [9.17, 15) is 14.0 Å². The molecule has 0 saturated heterocycles. The van der Waals surface area contributed by atoms with Crippen molar-refractivity contribution in [3.8, 4) is 0 Å². The van der Waals surface area contributed by atoms with Gasteiger partial charge in [-0.25, -0.2) is 4.39 Å². The lowest BCUT2D eigenvalue weighted by atomic mass is 10.1. The molecule has 0 saturated carbocycles. The lowest BCUT2D eigenvalue weighted by Gasteiger charge is -2.28. The Bertz CT molecular complexity index is 683. The van der Waals surface area contributed by atoms with Crippen molar-refractivity contribution in [2.45, 2.75) is 39.3 Å². The molecule has 0 radical (unpaired) electrons. The molecule has 0 fully saturated rings. The smallest absolute Gasteiger partial charge is 0.257 e. The van der Waals surface area contributed by atoms with Crippen LogP contribution in [0.15, 0.2) is 47.3 Å². The number of nitrogens with zero attached hydrogens (tertiary/aromatic N) is 1. The van der Waals surface area contributed by atoms with Gasteiger partial charge in [0, 0.05) is 25.6 Å². The van der Waals surface area contributed by atoms with Crippen molar-refractivity contribution >= 4 is 11.8 Å². The van der Waals surface area contributed by atoms with Gasteiger partial charge in [0.15, 0.2) is 0 Å². The van der Waals surface area contributed by atoms with E-state index < -0.39 is 0 Å². The Morgan fingerprint density at radius 1 is 1.24 bits per heavy atom. The van der Waals surface area contributed by atoms with Gasteiger partial charge in [0.25, 0.3) is 5.91 Å². The van der Waals surface area contributed by atoms with Gasteiger partial charge in [-0.1, -0.05) is 19.1 Å². The lowest BCUT2D eigenvalue weighted by molar-refractivity contribution is -0.121. The first-order chi connectivity index (χ1) is 12.0. The minimum atomic E-state index is -0.308. The minimum Gasteiger partial charge on any atom is -0.472 e. The van der Waals surface area contributed by atoms with Crippen LogP contribution < -0.4 is 5.32 Å². The number of amides is 2.